The first-order valence-electron chi connectivity index (χ1n) is 9.33. The van der Waals surface area contributed by atoms with E-state index in [4.69, 9.17) is 16.3 Å². The van der Waals surface area contributed by atoms with Gasteiger partial charge in [-0.05, 0) is 49.2 Å². The largest absolute Gasteiger partial charge is 0.454 e. The molecule has 1 aliphatic rings. The Morgan fingerprint density at radius 3 is 2.43 bits per heavy atom. The fraction of sp³-hybridized carbons (Fsp3) is 0.136. The lowest BCUT2D eigenvalue weighted by atomic mass is 10.1. The molecule has 0 aliphatic carbocycles. The van der Waals surface area contributed by atoms with Crippen LogP contribution in [0.2, 0.25) is 5.02 Å². The van der Waals surface area contributed by atoms with E-state index >= 15 is 0 Å². The smallest absolute Gasteiger partial charge is 0.266 e. The summed E-state index contributed by atoms with van der Waals surface area (Å²) in [6, 6.07) is 19.7. The van der Waals surface area contributed by atoms with Crippen molar-refractivity contribution in [3.05, 3.63) is 82.9 Å². The monoisotopic (exact) mass is 441 g/mol. The topological polar surface area (TPSA) is 79.8 Å². The molecular weight excluding hydrogens is 422 g/mol. The molecule has 8 heteroatoms. The Balaban J connectivity index is 1.76. The number of nitrogens with one attached hydrogen (secondary N) is 2. The van der Waals surface area contributed by atoms with Crippen LogP contribution in [0.1, 0.15) is 24.1 Å². The average molecular weight is 442 g/mol. The summed E-state index contributed by atoms with van der Waals surface area (Å²) >= 11 is 6.22. The fourth-order valence-electron chi connectivity index (χ4n) is 3.17. The third-order valence-corrected chi connectivity index (χ3v) is 6.31. The Labute approximate surface area is 180 Å². The highest BCUT2D eigenvalue weighted by atomic mass is 35.5. The minimum atomic E-state index is -3.82. The standard InChI is InChI=1S/C22H20ClN3O3S/c1-14-12-19(29-18-11-7-6-10-17(18)23)21-20(13-14)30(27,28)26-22(25-21)24-15(2)16-8-4-3-5-9-16/h3-13,15H,1-2H3,(H2,24,25,26). The number of aliphatic imine (C=N–C) groups is 1. The Bertz CT molecular complexity index is 1230. The van der Waals surface area contributed by atoms with Crippen LogP contribution in [0.4, 0.5) is 5.69 Å². The summed E-state index contributed by atoms with van der Waals surface area (Å²) in [5, 5.41) is 3.51. The van der Waals surface area contributed by atoms with Gasteiger partial charge in [0.15, 0.2) is 5.75 Å². The molecular formula is C22H20ClN3O3S. The third kappa shape index (κ3) is 4.13. The van der Waals surface area contributed by atoms with Crippen LogP contribution < -0.4 is 14.8 Å². The molecule has 0 bridgehead atoms. The molecule has 0 saturated carbocycles. The molecule has 4 rings (SSSR count). The highest BCUT2D eigenvalue weighted by Gasteiger charge is 2.30. The number of para-hydroxylation sites is 1. The molecule has 1 heterocycles. The number of hydrogen-bond donors (Lipinski definition) is 2. The number of nitrogens with zero attached hydrogens (tertiary/aromatic N) is 1. The van der Waals surface area contributed by atoms with Crippen LogP contribution in [0.5, 0.6) is 11.5 Å². The van der Waals surface area contributed by atoms with Crippen LogP contribution in [0.25, 0.3) is 0 Å². The SMILES string of the molecule is Cc1cc(Oc2ccccc2Cl)c2c(c1)S(=O)(=O)NC(=NC(C)c1ccccc1)N2. The quantitative estimate of drug-likeness (QED) is 0.578. The van der Waals surface area contributed by atoms with Gasteiger partial charge in [-0.2, -0.15) is 0 Å². The van der Waals surface area contributed by atoms with E-state index in [2.05, 4.69) is 15.0 Å². The van der Waals surface area contributed by atoms with E-state index in [1.54, 1.807) is 43.3 Å². The summed E-state index contributed by atoms with van der Waals surface area (Å²) in [6.07, 6.45) is 0. The minimum absolute atomic E-state index is 0.0934. The lowest BCUT2D eigenvalue weighted by molar-refractivity contribution is 0.482. The Morgan fingerprint density at radius 2 is 1.70 bits per heavy atom. The van der Waals surface area contributed by atoms with Gasteiger partial charge in [0.25, 0.3) is 10.0 Å². The molecule has 0 radical (unpaired) electrons. The number of hydrogen-bond acceptors (Lipinski definition) is 4. The van der Waals surface area contributed by atoms with Gasteiger partial charge < -0.3 is 10.1 Å². The van der Waals surface area contributed by atoms with Gasteiger partial charge in [0.1, 0.15) is 16.3 Å². The van der Waals surface area contributed by atoms with E-state index in [-0.39, 0.29) is 16.9 Å². The molecule has 0 saturated heterocycles. The molecule has 3 aromatic carbocycles. The van der Waals surface area contributed by atoms with Crippen LogP contribution in [-0.2, 0) is 10.0 Å². The Morgan fingerprint density at radius 1 is 1.00 bits per heavy atom. The van der Waals surface area contributed by atoms with E-state index in [0.29, 0.717) is 22.2 Å². The van der Waals surface area contributed by atoms with Crippen molar-refractivity contribution in [2.24, 2.45) is 4.99 Å². The van der Waals surface area contributed by atoms with Crippen LogP contribution in [0, 0.1) is 6.92 Å². The molecule has 0 spiro atoms. The third-order valence-electron chi connectivity index (χ3n) is 4.64. The van der Waals surface area contributed by atoms with Gasteiger partial charge in [0.05, 0.1) is 11.1 Å². The highest BCUT2D eigenvalue weighted by Crippen LogP contribution is 2.39. The number of ether oxygens (including phenoxy) is 1. The average Bonchev–Trinajstić information content (AvgIpc) is 2.71. The van der Waals surface area contributed by atoms with Crippen molar-refractivity contribution >= 4 is 33.3 Å². The number of aryl methyl sites for hydroxylation is 1. The maximum absolute atomic E-state index is 12.9. The van der Waals surface area contributed by atoms with Gasteiger partial charge in [0.2, 0.25) is 5.96 Å². The summed E-state index contributed by atoms with van der Waals surface area (Å²) in [5.41, 5.74) is 2.02. The number of guanidine groups is 1. The molecule has 1 aliphatic heterocycles. The zero-order valence-electron chi connectivity index (χ0n) is 16.4. The Kier molecular flexibility index (Phi) is 5.40. The van der Waals surface area contributed by atoms with Crippen molar-refractivity contribution in [1.82, 2.24) is 4.72 Å². The number of anilines is 1. The van der Waals surface area contributed by atoms with Gasteiger partial charge in [-0.15, -0.1) is 0 Å². The second-order valence-electron chi connectivity index (χ2n) is 6.96. The van der Waals surface area contributed by atoms with Crippen molar-refractivity contribution < 1.29 is 13.2 Å². The van der Waals surface area contributed by atoms with Gasteiger partial charge >= 0.3 is 0 Å². The first-order valence-corrected chi connectivity index (χ1v) is 11.2. The molecule has 1 unspecified atom stereocenters. The highest BCUT2D eigenvalue weighted by molar-refractivity contribution is 7.90. The molecule has 2 N–H and O–H groups in total. The summed E-state index contributed by atoms with van der Waals surface area (Å²) in [5.74, 6) is 0.913. The molecule has 0 fully saturated rings. The van der Waals surface area contributed by atoms with E-state index in [1.165, 1.54) is 0 Å². The fourth-order valence-corrected chi connectivity index (χ4v) is 4.57. The van der Waals surface area contributed by atoms with E-state index in [0.717, 1.165) is 11.1 Å². The lowest BCUT2D eigenvalue weighted by Crippen LogP contribution is -2.41. The van der Waals surface area contributed by atoms with Crippen LogP contribution >= 0.6 is 11.6 Å². The van der Waals surface area contributed by atoms with Crippen molar-refractivity contribution in [3.8, 4) is 11.5 Å². The molecule has 6 nitrogen and oxygen atoms in total. The first kappa shape index (κ1) is 20.3. The Hall–Kier alpha value is -3.03. The zero-order chi connectivity index (χ0) is 21.3. The number of benzene rings is 3. The van der Waals surface area contributed by atoms with Gasteiger partial charge in [0, 0.05) is 0 Å². The van der Waals surface area contributed by atoms with Gasteiger partial charge in [-0.3, -0.25) is 0 Å². The molecule has 3 aromatic rings. The second kappa shape index (κ2) is 8.01. The van der Waals surface area contributed by atoms with E-state index < -0.39 is 10.0 Å². The molecule has 30 heavy (non-hydrogen) atoms. The zero-order valence-corrected chi connectivity index (χ0v) is 18.0. The summed E-state index contributed by atoms with van der Waals surface area (Å²) < 4.78 is 34.3. The van der Waals surface area contributed by atoms with Gasteiger partial charge in [-0.1, -0.05) is 54.1 Å². The van der Waals surface area contributed by atoms with Crippen molar-refractivity contribution in [2.45, 2.75) is 24.8 Å². The predicted molar refractivity (Wildman–Crippen MR) is 119 cm³/mol. The van der Waals surface area contributed by atoms with Crippen LogP contribution in [0.3, 0.4) is 0 Å². The van der Waals surface area contributed by atoms with Crippen molar-refractivity contribution in [3.63, 3.8) is 0 Å². The summed E-state index contributed by atoms with van der Waals surface area (Å²) in [4.78, 5) is 4.62. The molecule has 0 aromatic heterocycles. The summed E-state index contributed by atoms with van der Waals surface area (Å²) in [7, 11) is -3.82. The van der Waals surface area contributed by atoms with Crippen molar-refractivity contribution in [1.29, 1.82) is 0 Å². The van der Waals surface area contributed by atoms with E-state index in [1.807, 2.05) is 37.3 Å². The minimum Gasteiger partial charge on any atom is -0.454 e. The summed E-state index contributed by atoms with van der Waals surface area (Å²) in [6.45, 7) is 3.69. The van der Waals surface area contributed by atoms with Crippen LogP contribution in [-0.4, -0.2) is 14.4 Å². The number of sulfonamides is 1. The maximum Gasteiger partial charge on any atom is 0.266 e. The van der Waals surface area contributed by atoms with Gasteiger partial charge in [-0.25, -0.2) is 18.1 Å². The second-order valence-corrected chi connectivity index (χ2v) is 9.02. The molecule has 0 amide bonds. The van der Waals surface area contributed by atoms with E-state index in [9.17, 15) is 8.42 Å². The normalized spacial score (nSPS) is 16.8. The van der Waals surface area contributed by atoms with Crippen molar-refractivity contribution in [2.75, 3.05) is 5.32 Å². The predicted octanol–water partition coefficient (Wildman–Crippen LogP) is 5.26. The number of halogens is 1. The lowest BCUT2D eigenvalue weighted by Gasteiger charge is -2.25. The molecule has 1 atom stereocenters. The first-order chi connectivity index (χ1) is 14.3. The number of fused-ring (bicyclic) bond motifs is 1. The number of rotatable bonds is 4. The maximum atomic E-state index is 12.9. The molecule has 154 valence electrons. The van der Waals surface area contributed by atoms with Crippen LogP contribution in [0.15, 0.2) is 76.6 Å².